The first-order chi connectivity index (χ1) is 11.0. The number of nitrogens with one attached hydrogen (secondary N) is 2. The van der Waals surface area contributed by atoms with Gasteiger partial charge >= 0.3 is 0 Å². The first-order valence-electron chi connectivity index (χ1n) is 7.31. The summed E-state index contributed by atoms with van der Waals surface area (Å²) in [5.74, 6) is -0.645. The number of hydrogen-bond acceptors (Lipinski definition) is 5. The third-order valence-corrected chi connectivity index (χ3v) is 4.22. The maximum absolute atomic E-state index is 11.9. The van der Waals surface area contributed by atoms with Gasteiger partial charge < -0.3 is 16.4 Å². The largest absolute Gasteiger partial charge is 0.346 e. The van der Waals surface area contributed by atoms with Crippen molar-refractivity contribution in [2.45, 2.75) is 19.9 Å². The van der Waals surface area contributed by atoms with E-state index in [2.05, 4.69) is 15.6 Å². The van der Waals surface area contributed by atoms with Crippen LogP contribution >= 0.6 is 23.7 Å². The lowest BCUT2D eigenvalue weighted by Gasteiger charge is -2.14. The van der Waals surface area contributed by atoms with Gasteiger partial charge in [0, 0.05) is 6.20 Å². The van der Waals surface area contributed by atoms with Crippen LogP contribution in [0.5, 0.6) is 0 Å². The van der Waals surface area contributed by atoms with Gasteiger partial charge in [0.1, 0.15) is 0 Å². The van der Waals surface area contributed by atoms with Crippen LogP contribution in [0.25, 0.3) is 10.4 Å². The Kier molecular flexibility index (Phi) is 7.84. The van der Waals surface area contributed by atoms with Gasteiger partial charge in [0.25, 0.3) is 0 Å². The fraction of sp³-hybridized carbons (Fsp3) is 0.312. The molecule has 130 valence electrons. The Morgan fingerprint density at radius 2 is 1.92 bits per heavy atom. The summed E-state index contributed by atoms with van der Waals surface area (Å²) in [7, 11) is 0. The summed E-state index contributed by atoms with van der Waals surface area (Å²) >= 11 is 1.38. The maximum Gasteiger partial charge on any atom is 0.245 e. The number of halogens is 1. The Hall–Kier alpha value is -1.96. The van der Waals surface area contributed by atoms with Crippen LogP contribution in [0.15, 0.2) is 36.5 Å². The van der Waals surface area contributed by atoms with Crippen molar-refractivity contribution in [2.75, 3.05) is 11.9 Å². The van der Waals surface area contributed by atoms with Crippen LogP contribution in [0.2, 0.25) is 0 Å². The molecule has 0 saturated carbocycles. The van der Waals surface area contributed by atoms with Crippen LogP contribution in [0, 0.1) is 5.92 Å². The van der Waals surface area contributed by atoms with Crippen LogP contribution < -0.4 is 16.4 Å². The molecule has 1 heterocycles. The van der Waals surface area contributed by atoms with Crippen LogP contribution in [-0.4, -0.2) is 29.4 Å². The van der Waals surface area contributed by atoms with E-state index in [0.29, 0.717) is 5.13 Å². The Bertz CT molecular complexity index is 676. The number of nitrogens with two attached hydrogens (primary N) is 1. The van der Waals surface area contributed by atoms with Gasteiger partial charge in [0.15, 0.2) is 5.13 Å². The predicted octanol–water partition coefficient (Wildman–Crippen LogP) is 2.27. The van der Waals surface area contributed by atoms with E-state index in [1.807, 2.05) is 44.2 Å². The lowest BCUT2D eigenvalue weighted by atomic mass is 10.1. The number of amides is 2. The highest BCUT2D eigenvalue weighted by molar-refractivity contribution is 7.19. The molecule has 0 fully saturated rings. The highest BCUT2D eigenvalue weighted by Crippen LogP contribution is 2.28. The zero-order valence-electron chi connectivity index (χ0n) is 13.5. The molecule has 0 saturated heterocycles. The summed E-state index contributed by atoms with van der Waals surface area (Å²) in [4.78, 5) is 28.7. The average molecular weight is 369 g/mol. The molecule has 0 aliphatic carbocycles. The fourth-order valence-electron chi connectivity index (χ4n) is 1.82. The smallest absolute Gasteiger partial charge is 0.245 e. The molecule has 2 amide bonds. The number of carbonyl (C=O) groups is 2. The van der Waals surface area contributed by atoms with Crippen molar-refractivity contribution in [3.05, 3.63) is 36.5 Å². The van der Waals surface area contributed by atoms with E-state index in [-0.39, 0.29) is 36.7 Å². The lowest BCUT2D eigenvalue weighted by Crippen LogP contribution is -2.46. The van der Waals surface area contributed by atoms with Gasteiger partial charge in [0.05, 0.1) is 17.5 Å². The van der Waals surface area contributed by atoms with Gasteiger partial charge in [-0.25, -0.2) is 4.98 Å². The highest BCUT2D eigenvalue weighted by Gasteiger charge is 2.17. The van der Waals surface area contributed by atoms with Gasteiger partial charge in [0.2, 0.25) is 11.8 Å². The quantitative estimate of drug-likeness (QED) is 0.728. The van der Waals surface area contributed by atoms with Crippen molar-refractivity contribution in [1.82, 2.24) is 10.3 Å². The van der Waals surface area contributed by atoms with Crippen LogP contribution in [-0.2, 0) is 9.59 Å². The minimum Gasteiger partial charge on any atom is -0.346 e. The van der Waals surface area contributed by atoms with Gasteiger partial charge in [-0.1, -0.05) is 55.5 Å². The van der Waals surface area contributed by atoms with Crippen molar-refractivity contribution in [3.8, 4) is 10.4 Å². The van der Waals surface area contributed by atoms with Crippen LogP contribution in [0.3, 0.4) is 0 Å². The Balaban J connectivity index is 0.00000288. The van der Waals surface area contributed by atoms with Crippen molar-refractivity contribution in [2.24, 2.45) is 11.7 Å². The van der Waals surface area contributed by atoms with Crippen molar-refractivity contribution in [3.63, 3.8) is 0 Å². The van der Waals surface area contributed by atoms with Crippen molar-refractivity contribution < 1.29 is 9.59 Å². The monoisotopic (exact) mass is 368 g/mol. The number of aromatic nitrogens is 1. The number of nitrogens with zero attached hydrogens (tertiary/aromatic N) is 1. The molecule has 4 N–H and O–H groups in total. The second kappa shape index (κ2) is 9.36. The second-order valence-corrected chi connectivity index (χ2v) is 6.46. The maximum atomic E-state index is 11.9. The third kappa shape index (κ3) is 5.59. The zero-order valence-corrected chi connectivity index (χ0v) is 15.1. The van der Waals surface area contributed by atoms with Crippen LogP contribution in [0.4, 0.5) is 5.13 Å². The molecule has 1 atom stereocenters. The highest BCUT2D eigenvalue weighted by atomic mass is 35.5. The molecule has 8 heteroatoms. The standard InChI is InChI=1S/C16H20N4O2S.ClH/c1-10(2)14(17)15(22)18-9-13(21)20-16-19-8-12(23-16)11-6-4-3-5-7-11;/h3-8,10,14H,9,17H2,1-2H3,(H,18,22)(H,19,20,21);1H/t14-;/m0./s1. The van der Waals surface area contributed by atoms with E-state index in [1.54, 1.807) is 6.20 Å². The predicted molar refractivity (Wildman–Crippen MR) is 99.3 cm³/mol. The number of anilines is 1. The molecule has 0 aliphatic heterocycles. The van der Waals surface area contributed by atoms with Gasteiger partial charge in [-0.15, -0.1) is 12.4 Å². The minimum atomic E-state index is -0.618. The van der Waals surface area contributed by atoms with E-state index in [9.17, 15) is 9.59 Å². The van der Waals surface area contributed by atoms with E-state index in [1.165, 1.54) is 11.3 Å². The van der Waals surface area contributed by atoms with Gasteiger partial charge in [-0.3, -0.25) is 9.59 Å². The molecule has 0 bridgehead atoms. The molecular formula is C16H21ClN4O2S. The molecule has 2 rings (SSSR count). The topological polar surface area (TPSA) is 97.1 Å². The molecule has 1 aromatic carbocycles. The molecule has 0 aliphatic rings. The van der Waals surface area contributed by atoms with E-state index < -0.39 is 6.04 Å². The van der Waals surface area contributed by atoms with Gasteiger partial charge in [-0.2, -0.15) is 0 Å². The molecule has 0 spiro atoms. The second-order valence-electron chi connectivity index (χ2n) is 5.43. The van der Waals surface area contributed by atoms with Gasteiger partial charge in [-0.05, 0) is 11.5 Å². The minimum absolute atomic E-state index is 0. The molecule has 2 aromatic rings. The summed E-state index contributed by atoms with van der Waals surface area (Å²) < 4.78 is 0. The summed E-state index contributed by atoms with van der Waals surface area (Å²) in [5, 5.41) is 5.69. The first-order valence-corrected chi connectivity index (χ1v) is 8.13. The number of hydrogen-bond donors (Lipinski definition) is 3. The first kappa shape index (κ1) is 20.1. The fourth-order valence-corrected chi connectivity index (χ4v) is 2.66. The average Bonchev–Trinajstić information content (AvgIpc) is 3.01. The normalized spacial score (nSPS) is 11.5. The molecule has 1 aromatic heterocycles. The molecule has 6 nitrogen and oxygen atoms in total. The summed E-state index contributed by atoms with van der Waals surface area (Å²) in [6, 6.07) is 9.17. The van der Waals surface area contributed by atoms with Crippen molar-refractivity contribution in [1.29, 1.82) is 0 Å². The molecule has 0 unspecified atom stereocenters. The summed E-state index contributed by atoms with van der Waals surface area (Å²) in [6.07, 6.45) is 1.71. The lowest BCUT2D eigenvalue weighted by molar-refractivity contribution is -0.125. The number of carbonyl (C=O) groups excluding carboxylic acids is 2. The third-order valence-electron chi connectivity index (χ3n) is 3.25. The summed E-state index contributed by atoms with van der Waals surface area (Å²) in [6.45, 7) is 3.58. The number of benzene rings is 1. The SMILES string of the molecule is CC(C)[C@H](N)C(=O)NCC(=O)Nc1ncc(-c2ccccc2)s1.Cl. The van der Waals surface area contributed by atoms with Crippen molar-refractivity contribution >= 4 is 40.7 Å². The summed E-state index contributed by atoms with van der Waals surface area (Å²) in [5.41, 5.74) is 6.76. The molecule has 24 heavy (non-hydrogen) atoms. The van der Waals surface area contributed by atoms with E-state index in [4.69, 9.17) is 5.73 Å². The number of thiazole rings is 1. The molecule has 0 radical (unpaired) electrons. The van der Waals surface area contributed by atoms with E-state index in [0.717, 1.165) is 10.4 Å². The Morgan fingerprint density at radius 1 is 1.25 bits per heavy atom. The number of rotatable bonds is 6. The zero-order chi connectivity index (χ0) is 16.8. The van der Waals surface area contributed by atoms with E-state index >= 15 is 0 Å². The molecular weight excluding hydrogens is 348 g/mol. The Morgan fingerprint density at radius 3 is 2.54 bits per heavy atom. The van der Waals surface area contributed by atoms with Crippen LogP contribution in [0.1, 0.15) is 13.8 Å². The Labute approximate surface area is 151 Å².